The van der Waals surface area contributed by atoms with Crippen LogP contribution in [0.4, 0.5) is 5.69 Å². The SMILES string of the molecule is CCN(Cc1cc(Cl)ccc1N)CC(C)C#N. The first kappa shape index (κ1) is 13.8. The van der Waals surface area contributed by atoms with Crippen molar-refractivity contribution in [1.82, 2.24) is 4.90 Å². The van der Waals surface area contributed by atoms with Gasteiger partial charge in [0.1, 0.15) is 0 Å². The zero-order valence-electron chi connectivity index (χ0n) is 10.3. The molecule has 0 fully saturated rings. The molecule has 1 rings (SSSR count). The van der Waals surface area contributed by atoms with Crippen LogP contribution in [0.25, 0.3) is 0 Å². The summed E-state index contributed by atoms with van der Waals surface area (Å²) >= 11 is 5.95. The minimum absolute atomic E-state index is 0.0235. The minimum Gasteiger partial charge on any atom is -0.398 e. The summed E-state index contributed by atoms with van der Waals surface area (Å²) in [4.78, 5) is 2.19. The van der Waals surface area contributed by atoms with Gasteiger partial charge in [0.15, 0.2) is 0 Å². The summed E-state index contributed by atoms with van der Waals surface area (Å²) < 4.78 is 0. The van der Waals surface area contributed by atoms with Gasteiger partial charge in [0, 0.05) is 23.8 Å². The van der Waals surface area contributed by atoms with Gasteiger partial charge in [-0.15, -0.1) is 0 Å². The zero-order valence-corrected chi connectivity index (χ0v) is 11.0. The normalized spacial score (nSPS) is 12.4. The summed E-state index contributed by atoms with van der Waals surface area (Å²) in [5.74, 6) is 0.0235. The number of hydrogen-bond acceptors (Lipinski definition) is 3. The first-order chi connectivity index (χ1) is 8.06. The van der Waals surface area contributed by atoms with Gasteiger partial charge in [0.2, 0.25) is 0 Å². The number of benzene rings is 1. The molecule has 4 heteroatoms. The minimum atomic E-state index is 0.0235. The predicted molar refractivity (Wildman–Crippen MR) is 71.6 cm³/mol. The number of nitrogens with two attached hydrogens (primary N) is 1. The summed E-state index contributed by atoms with van der Waals surface area (Å²) in [7, 11) is 0. The molecule has 0 saturated carbocycles. The van der Waals surface area contributed by atoms with Crippen molar-refractivity contribution < 1.29 is 0 Å². The molecule has 17 heavy (non-hydrogen) atoms. The van der Waals surface area contributed by atoms with Gasteiger partial charge >= 0.3 is 0 Å². The van der Waals surface area contributed by atoms with Crippen molar-refractivity contribution in [2.75, 3.05) is 18.8 Å². The maximum absolute atomic E-state index is 8.82. The number of rotatable bonds is 5. The van der Waals surface area contributed by atoms with Crippen molar-refractivity contribution in [3.63, 3.8) is 0 Å². The lowest BCUT2D eigenvalue weighted by Crippen LogP contribution is -2.27. The second kappa shape index (κ2) is 6.48. The fraction of sp³-hybridized carbons (Fsp3) is 0.462. The van der Waals surface area contributed by atoms with Crippen molar-refractivity contribution >= 4 is 17.3 Å². The molecule has 0 aliphatic rings. The molecule has 0 aliphatic carbocycles. The topological polar surface area (TPSA) is 53.0 Å². The number of hydrogen-bond donors (Lipinski definition) is 1. The molecule has 0 spiro atoms. The molecule has 1 atom stereocenters. The summed E-state index contributed by atoms with van der Waals surface area (Å²) in [6.07, 6.45) is 0. The maximum Gasteiger partial charge on any atom is 0.0666 e. The Morgan fingerprint density at radius 1 is 1.53 bits per heavy atom. The van der Waals surface area contributed by atoms with Gasteiger partial charge in [-0.05, 0) is 37.2 Å². The smallest absolute Gasteiger partial charge is 0.0666 e. The average molecular weight is 252 g/mol. The lowest BCUT2D eigenvalue weighted by atomic mass is 10.1. The summed E-state index contributed by atoms with van der Waals surface area (Å²) in [5.41, 5.74) is 7.67. The number of anilines is 1. The van der Waals surface area contributed by atoms with E-state index in [1.54, 1.807) is 6.07 Å². The fourth-order valence-corrected chi connectivity index (χ4v) is 1.88. The molecule has 1 aromatic rings. The van der Waals surface area contributed by atoms with Gasteiger partial charge < -0.3 is 5.73 Å². The largest absolute Gasteiger partial charge is 0.398 e. The van der Waals surface area contributed by atoms with Crippen LogP contribution in [0.1, 0.15) is 19.4 Å². The van der Waals surface area contributed by atoms with E-state index in [1.807, 2.05) is 19.1 Å². The first-order valence-electron chi connectivity index (χ1n) is 5.72. The van der Waals surface area contributed by atoms with Crippen molar-refractivity contribution in [3.05, 3.63) is 28.8 Å². The molecule has 0 heterocycles. The molecular formula is C13H18ClN3. The van der Waals surface area contributed by atoms with Gasteiger partial charge in [-0.1, -0.05) is 18.5 Å². The highest BCUT2D eigenvalue weighted by molar-refractivity contribution is 6.30. The Labute approximate surface area is 108 Å². The highest BCUT2D eigenvalue weighted by atomic mass is 35.5. The molecule has 0 amide bonds. The van der Waals surface area contributed by atoms with Crippen molar-refractivity contribution in [2.24, 2.45) is 5.92 Å². The van der Waals surface area contributed by atoms with E-state index in [-0.39, 0.29) is 5.92 Å². The Hall–Kier alpha value is -1.24. The lowest BCUT2D eigenvalue weighted by Gasteiger charge is -2.22. The molecular weight excluding hydrogens is 234 g/mol. The summed E-state index contributed by atoms with van der Waals surface area (Å²) in [6.45, 7) is 6.36. The van der Waals surface area contributed by atoms with E-state index in [0.29, 0.717) is 5.02 Å². The van der Waals surface area contributed by atoms with E-state index in [2.05, 4.69) is 17.9 Å². The quantitative estimate of drug-likeness (QED) is 0.819. The van der Waals surface area contributed by atoms with Gasteiger partial charge in [-0.2, -0.15) is 5.26 Å². The third-order valence-corrected chi connectivity index (χ3v) is 2.93. The van der Waals surface area contributed by atoms with E-state index in [1.165, 1.54) is 0 Å². The van der Waals surface area contributed by atoms with Gasteiger partial charge in [0.25, 0.3) is 0 Å². The molecule has 92 valence electrons. The fourth-order valence-electron chi connectivity index (χ4n) is 1.69. The molecule has 2 N–H and O–H groups in total. The predicted octanol–water partition coefficient (Wildman–Crippen LogP) is 2.90. The van der Waals surface area contributed by atoms with Crippen LogP contribution in [0.2, 0.25) is 5.02 Å². The Balaban J connectivity index is 2.74. The van der Waals surface area contributed by atoms with Crippen molar-refractivity contribution in [3.8, 4) is 6.07 Å². The molecule has 1 aromatic carbocycles. The average Bonchev–Trinajstić information content (AvgIpc) is 2.32. The molecule has 3 nitrogen and oxygen atoms in total. The van der Waals surface area contributed by atoms with Crippen LogP contribution >= 0.6 is 11.6 Å². The summed E-state index contributed by atoms with van der Waals surface area (Å²) in [6, 6.07) is 7.73. The van der Waals surface area contributed by atoms with E-state index < -0.39 is 0 Å². The van der Waals surface area contributed by atoms with Crippen molar-refractivity contribution in [2.45, 2.75) is 20.4 Å². The van der Waals surface area contributed by atoms with Crippen LogP contribution in [-0.2, 0) is 6.54 Å². The molecule has 0 aliphatic heterocycles. The van der Waals surface area contributed by atoms with Crippen LogP contribution in [0.5, 0.6) is 0 Å². The second-order valence-electron chi connectivity index (χ2n) is 4.20. The molecule has 0 bridgehead atoms. The van der Waals surface area contributed by atoms with Gasteiger partial charge in [0.05, 0.1) is 12.0 Å². The monoisotopic (exact) mass is 251 g/mol. The first-order valence-corrected chi connectivity index (χ1v) is 6.10. The third kappa shape index (κ3) is 4.26. The number of nitrogens with zero attached hydrogens (tertiary/aromatic N) is 2. The number of nitrogen functional groups attached to an aromatic ring is 1. The van der Waals surface area contributed by atoms with Gasteiger partial charge in [-0.25, -0.2) is 0 Å². The van der Waals surface area contributed by atoms with Crippen LogP contribution in [0.3, 0.4) is 0 Å². The summed E-state index contributed by atoms with van der Waals surface area (Å²) in [5, 5.41) is 9.51. The lowest BCUT2D eigenvalue weighted by molar-refractivity contribution is 0.261. The maximum atomic E-state index is 8.82. The highest BCUT2D eigenvalue weighted by Crippen LogP contribution is 2.19. The van der Waals surface area contributed by atoms with Gasteiger partial charge in [-0.3, -0.25) is 4.90 Å². The van der Waals surface area contributed by atoms with Crippen LogP contribution in [0, 0.1) is 17.2 Å². The Kier molecular flexibility index (Phi) is 5.27. The Morgan fingerprint density at radius 3 is 2.82 bits per heavy atom. The molecule has 0 aromatic heterocycles. The van der Waals surface area contributed by atoms with Crippen LogP contribution < -0.4 is 5.73 Å². The standard InChI is InChI=1S/C13H18ClN3/c1-3-17(8-10(2)7-15)9-11-6-12(14)4-5-13(11)16/h4-6,10H,3,8-9,16H2,1-2H3. The van der Waals surface area contributed by atoms with E-state index in [0.717, 1.165) is 30.9 Å². The van der Waals surface area contributed by atoms with Crippen LogP contribution in [-0.4, -0.2) is 18.0 Å². The molecule has 1 unspecified atom stereocenters. The molecule has 0 radical (unpaired) electrons. The molecule has 0 saturated heterocycles. The Bertz CT molecular complexity index is 412. The Morgan fingerprint density at radius 2 is 2.24 bits per heavy atom. The van der Waals surface area contributed by atoms with E-state index in [4.69, 9.17) is 22.6 Å². The second-order valence-corrected chi connectivity index (χ2v) is 4.64. The third-order valence-electron chi connectivity index (χ3n) is 2.70. The van der Waals surface area contributed by atoms with Crippen molar-refractivity contribution in [1.29, 1.82) is 5.26 Å². The number of nitriles is 1. The highest BCUT2D eigenvalue weighted by Gasteiger charge is 2.10. The van der Waals surface area contributed by atoms with Crippen LogP contribution in [0.15, 0.2) is 18.2 Å². The number of halogens is 1. The van der Waals surface area contributed by atoms with E-state index in [9.17, 15) is 0 Å². The van der Waals surface area contributed by atoms with E-state index >= 15 is 0 Å². The zero-order chi connectivity index (χ0) is 12.8.